The topological polar surface area (TPSA) is 0 Å². The Kier molecular flexibility index (Phi) is 7.00. The molecule has 2 aliphatic rings. The van der Waals surface area contributed by atoms with E-state index in [2.05, 4.69) is 132 Å². The Morgan fingerprint density at radius 2 is 0.721 bits per heavy atom. The minimum absolute atomic E-state index is 0.0288. The maximum absolute atomic E-state index is 2.54. The highest BCUT2D eigenvalue weighted by Crippen LogP contribution is 2.50. The van der Waals surface area contributed by atoms with Gasteiger partial charge in [0.1, 0.15) is 0 Å². The second kappa shape index (κ2) is 10.2. The molecule has 0 saturated carbocycles. The van der Waals surface area contributed by atoms with Crippen LogP contribution in [0.5, 0.6) is 0 Å². The van der Waals surface area contributed by atoms with Crippen molar-refractivity contribution in [2.45, 2.75) is 95.9 Å². The van der Waals surface area contributed by atoms with Crippen LogP contribution in [-0.4, -0.2) is 0 Å². The van der Waals surface area contributed by atoms with Crippen LogP contribution in [-0.2, 0) is 12.8 Å². The Labute approximate surface area is 260 Å². The molecule has 0 unspecified atom stereocenters. The predicted molar refractivity (Wildman–Crippen MR) is 188 cm³/mol. The summed E-state index contributed by atoms with van der Waals surface area (Å²) in [5.41, 5.74) is 28.7. The molecule has 0 radical (unpaired) electrons. The van der Waals surface area contributed by atoms with Crippen LogP contribution in [0.3, 0.4) is 0 Å². The van der Waals surface area contributed by atoms with Crippen LogP contribution in [0.15, 0.2) is 47.5 Å². The Bertz CT molecular complexity index is 1720. The van der Waals surface area contributed by atoms with Gasteiger partial charge in [0.25, 0.3) is 0 Å². The molecule has 0 amide bonds. The first-order valence-corrected chi connectivity index (χ1v) is 16.1. The highest BCUT2D eigenvalue weighted by atomic mass is 14.4. The first-order chi connectivity index (χ1) is 20.2. The van der Waals surface area contributed by atoms with Gasteiger partial charge in [0.15, 0.2) is 0 Å². The molecule has 2 aliphatic carbocycles. The Morgan fingerprint density at radius 3 is 1.05 bits per heavy atom. The van der Waals surface area contributed by atoms with Crippen molar-refractivity contribution in [2.24, 2.45) is 5.41 Å². The number of allylic oxidation sites excluding steroid dienone is 2. The van der Waals surface area contributed by atoms with Gasteiger partial charge in [-0.3, -0.25) is 0 Å². The Balaban J connectivity index is 1.44. The fourth-order valence-corrected chi connectivity index (χ4v) is 7.99. The zero-order valence-electron chi connectivity index (χ0n) is 28.5. The van der Waals surface area contributed by atoms with Gasteiger partial charge >= 0.3 is 0 Å². The molecule has 0 heteroatoms. The molecule has 0 nitrogen and oxygen atoms in total. The molecular formula is C43H48. The summed E-state index contributed by atoms with van der Waals surface area (Å²) in [6.45, 7) is 27.8. The maximum atomic E-state index is 2.54. The molecular weight excluding hydrogens is 516 g/mol. The smallest absolute Gasteiger partial charge is 0.00773 e. The van der Waals surface area contributed by atoms with Crippen molar-refractivity contribution in [1.82, 2.24) is 0 Å². The van der Waals surface area contributed by atoms with E-state index in [1.54, 1.807) is 0 Å². The molecule has 0 aliphatic heterocycles. The molecule has 0 N–H and O–H groups in total. The van der Waals surface area contributed by atoms with Gasteiger partial charge in [-0.15, -0.1) is 0 Å². The van der Waals surface area contributed by atoms with Gasteiger partial charge in [-0.05, 0) is 182 Å². The SMILES string of the molecule is Cc1c(C)c(C)c(-c2cccc3c2C=C(C(C)(C)C2=Cc4c(cccc4-c4c(C)c(C)c(C)c(C)c4C)C2)C3)c(C)c1C. The molecule has 0 bridgehead atoms. The summed E-state index contributed by atoms with van der Waals surface area (Å²) < 4.78 is 0. The first kappa shape index (κ1) is 29.4. The summed E-state index contributed by atoms with van der Waals surface area (Å²) in [7, 11) is 0. The predicted octanol–water partition coefficient (Wildman–Crippen LogP) is 11.7. The van der Waals surface area contributed by atoms with Crippen LogP contribution in [0, 0.1) is 74.7 Å². The molecule has 4 aromatic rings. The van der Waals surface area contributed by atoms with Crippen LogP contribution >= 0.6 is 0 Å². The molecule has 0 saturated heterocycles. The van der Waals surface area contributed by atoms with Gasteiger partial charge in [0.2, 0.25) is 0 Å². The summed E-state index contributed by atoms with van der Waals surface area (Å²) in [5.74, 6) is 0. The molecule has 6 rings (SSSR count). The van der Waals surface area contributed by atoms with Gasteiger partial charge in [0.05, 0.1) is 0 Å². The maximum Gasteiger partial charge on any atom is 0.00773 e. The number of fused-ring (bicyclic) bond motifs is 2. The van der Waals surface area contributed by atoms with E-state index >= 15 is 0 Å². The van der Waals surface area contributed by atoms with Crippen molar-refractivity contribution in [3.8, 4) is 22.3 Å². The Hall–Kier alpha value is -3.64. The minimum Gasteiger partial charge on any atom is -0.0613 e. The molecule has 43 heavy (non-hydrogen) atoms. The first-order valence-electron chi connectivity index (χ1n) is 16.1. The van der Waals surface area contributed by atoms with Gasteiger partial charge in [-0.1, -0.05) is 73.5 Å². The van der Waals surface area contributed by atoms with Gasteiger partial charge in [-0.25, -0.2) is 0 Å². The van der Waals surface area contributed by atoms with E-state index in [0.717, 1.165) is 12.8 Å². The highest BCUT2D eigenvalue weighted by Gasteiger charge is 2.35. The van der Waals surface area contributed by atoms with Crippen molar-refractivity contribution in [3.05, 3.63) is 125 Å². The van der Waals surface area contributed by atoms with Gasteiger partial charge in [0, 0.05) is 5.41 Å². The molecule has 0 spiro atoms. The lowest BCUT2D eigenvalue weighted by molar-refractivity contribution is 0.526. The van der Waals surface area contributed by atoms with Crippen LogP contribution in [0.1, 0.15) is 91.7 Å². The highest BCUT2D eigenvalue weighted by molar-refractivity contribution is 5.88. The summed E-state index contributed by atoms with van der Waals surface area (Å²) in [4.78, 5) is 0. The van der Waals surface area contributed by atoms with Crippen LogP contribution in [0.2, 0.25) is 0 Å². The zero-order valence-corrected chi connectivity index (χ0v) is 28.5. The molecule has 4 aromatic carbocycles. The van der Waals surface area contributed by atoms with E-state index in [0.29, 0.717) is 0 Å². The average Bonchev–Trinajstić information content (AvgIpc) is 3.64. The lowest BCUT2D eigenvalue weighted by Gasteiger charge is -2.28. The second-order valence-electron chi connectivity index (χ2n) is 14.1. The lowest BCUT2D eigenvalue weighted by Crippen LogP contribution is -2.18. The third kappa shape index (κ3) is 4.32. The number of hydrogen-bond donors (Lipinski definition) is 0. The van der Waals surface area contributed by atoms with Crippen LogP contribution in [0.25, 0.3) is 34.4 Å². The zero-order chi connectivity index (χ0) is 31.1. The number of rotatable bonds is 4. The summed E-state index contributed by atoms with van der Waals surface area (Å²) in [6.07, 6.45) is 7.13. The van der Waals surface area contributed by atoms with Gasteiger partial charge in [-0.2, -0.15) is 0 Å². The minimum atomic E-state index is -0.0288. The summed E-state index contributed by atoms with van der Waals surface area (Å²) in [6, 6.07) is 13.9. The van der Waals surface area contributed by atoms with Crippen molar-refractivity contribution in [3.63, 3.8) is 0 Å². The lowest BCUT2D eigenvalue weighted by atomic mass is 9.75. The van der Waals surface area contributed by atoms with E-state index in [4.69, 9.17) is 0 Å². The molecule has 0 heterocycles. The fourth-order valence-electron chi connectivity index (χ4n) is 7.99. The number of hydrogen-bond acceptors (Lipinski definition) is 0. The van der Waals surface area contributed by atoms with Crippen molar-refractivity contribution in [2.75, 3.05) is 0 Å². The van der Waals surface area contributed by atoms with E-state index in [1.165, 1.54) is 111 Å². The third-order valence-electron chi connectivity index (χ3n) is 11.9. The third-order valence-corrected chi connectivity index (χ3v) is 11.9. The second-order valence-corrected chi connectivity index (χ2v) is 14.1. The van der Waals surface area contributed by atoms with E-state index < -0.39 is 0 Å². The van der Waals surface area contributed by atoms with E-state index in [1.807, 2.05) is 0 Å². The van der Waals surface area contributed by atoms with Crippen molar-refractivity contribution in [1.29, 1.82) is 0 Å². The van der Waals surface area contributed by atoms with Crippen molar-refractivity contribution >= 4 is 12.2 Å². The normalized spacial score (nSPS) is 14.1. The fraction of sp³-hybridized carbons (Fsp3) is 0.349. The number of benzene rings is 4. The van der Waals surface area contributed by atoms with Crippen LogP contribution in [0.4, 0.5) is 0 Å². The molecule has 220 valence electrons. The van der Waals surface area contributed by atoms with E-state index in [-0.39, 0.29) is 5.41 Å². The largest absolute Gasteiger partial charge is 0.0613 e. The Morgan fingerprint density at radius 1 is 0.419 bits per heavy atom. The average molecular weight is 565 g/mol. The molecule has 0 fully saturated rings. The van der Waals surface area contributed by atoms with E-state index in [9.17, 15) is 0 Å². The summed E-state index contributed by atoms with van der Waals surface area (Å²) >= 11 is 0. The monoisotopic (exact) mass is 564 g/mol. The van der Waals surface area contributed by atoms with Crippen molar-refractivity contribution < 1.29 is 0 Å². The molecule has 0 aromatic heterocycles. The standard InChI is InChI=1S/C43H48/c1-23-25(3)29(7)41(30(8)26(23)4)37-17-13-15-33-19-35(21-39(33)37)43(11,12)36-20-34-16-14-18-38(40(34)22-36)42-31(9)27(5)24(2)28(6)32(42)10/h13-18,21-22H,19-20H2,1-12H3. The quantitative estimate of drug-likeness (QED) is 0.231. The van der Waals surface area contributed by atoms with Gasteiger partial charge < -0.3 is 0 Å². The van der Waals surface area contributed by atoms with Crippen LogP contribution < -0.4 is 0 Å². The summed E-state index contributed by atoms with van der Waals surface area (Å²) in [5, 5.41) is 0. The molecule has 0 atom stereocenters.